The smallest absolute Gasteiger partial charge is 0.287 e. The monoisotopic (exact) mass is 404 g/mol. The number of furan rings is 1. The first-order valence-corrected chi connectivity index (χ1v) is 9.71. The number of carbonyl (C=O) groups is 1. The van der Waals surface area contributed by atoms with E-state index in [0.717, 1.165) is 23.1 Å². The lowest BCUT2D eigenvalue weighted by Crippen LogP contribution is -2.22. The van der Waals surface area contributed by atoms with Crippen LogP contribution < -0.4 is 14.8 Å². The number of hydrogen-bond acceptors (Lipinski definition) is 6. The molecule has 5 rings (SSSR count). The number of nitrogens with one attached hydrogen (secondary N) is 1. The Morgan fingerprint density at radius 3 is 3.00 bits per heavy atom. The summed E-state index contributed by atoms with van der Waals surface area (Å²) in [6, 6.07) is 15.0. The van der Waals surface area contributed by atoms with Gasteiger partial charge in [0.1, 0.15) is 17.5 Å². The second-order valence-corrected chi connectivity index (χ2v) is 7.31. The lowest BCUT2D eigenvalue weighted by Gasteiger charge is -2.03. The van der Waals surface area contributed by atoms with Crippen molar-refractivity contribution in [2.75, 3.05) is 7.11 Å². The number of nitrogens with zero attached hydrogens (tertiary/aromatic N) is 1. The van der Waals surface area contributed by atoms with E-state index in [0.29, 0.717) is 22.8 Å². The molecule has 0 saturated carbocycles. The van der Waals surface area contributed by atoms with Gasteiger partial charge in [-0.3, -0.25) is 4.79 Å². The van der Waals surface area contributed by atoms with Crippen LogP contribution in [-0.2, 0) is 13.0 Å². The van der Waals surface area contributed by atoms with Gasteiger partial charge in [0.2, 0.25) is 0 Å². The lowest BCUT2D eigenvalue weighted by molar-refractivity contribution is 0.0924. The molecular weight excluding hydrogens is 384 g/mol. The highest BCUT2D eigenvalue weighted by molar-refractivity contribution is 5.97. The molecule has 152 valence electrons. The molecule has 1 N–H and O–H groups in total. The van der Waals surface area contributed by atoms with E-state index in [4.69, 9.17) is 18.4 Å². The van der Waals surface area contributed by atoms with E-state index in [1.807, 2.05) is 43.3 Å². The number of rotatable bonds is 5. The normalized spacial score (nSPS) is 15.1. The maximum atomic E-state index is 12.5. The quantitative estimate of drug-likeness (QED) is 0.532. The summed E-state index contributed by atoms with van der Waals surface area (Å²) in [7, 11) is 1.56. The zero-order chi connectivity index (χ0) is 20.7. The molecule has 30 heavy (non-hydrogen) atoms. The molecule has 0 fully saturated rings. The van der Waals surface area contributed by atoms with Crippen LogP contribution in [0, 0.1) is 0 Å². The SMILES string of the molecule is COc1cccc2cc(C(=O)NCc3cc(-c4ccc5c(c4)OC(C)C5)on3)oc12. The molecule has 1 unspecified atom stereocenters. The summed E-state index contributed by atoms with van der Waals surface area (Å²) in [5.74, 6) is 1.96. The molecule has 7 nitrogen and oxygen atoms in total. The molecule has 3 heterocycles. The second-order valence-electron chi connectivity index (χ2n) is 7.31. The maximum Gasteiger partial charge on any atom is 0.287 e. The number of para-hydroxylation sites is 1. The Kier molecular flexibility index (Phi) is 4.43. The van der Waals surface area contributed by atoms with Crippen molar-refractivity contribution < 1.29 is 23.2 Å². The van der Waals surface area contributed by atoms with E-state index >= 15 is 0 Å². The van der Waals surface area contributed by atoms with Crippen LogP contribution in [-0.4, -0.2) is 24.3 Å². The van der Waals surface area contributed by atoms with Gasteiger partial charge in [-0.25, -0.2) is 0 Å². The van der Waals surface area contributed by atoms with Crippen LogP contribution in [0.2, 0.25) is 0 Å². The molecule has 4 aromatic rings. The molecule has 0 spiro atoms. The molecule has 0 aliphatic carbocycles. The van der Waals surface area contributed by atoms with Gasteiger partial charge >= 0.3 is 0 Å². The molecule has 7 heteroatoms. The zero-order valence-electron chi connectivity index (χ0n) is 16.6. The Morgan fingerprint density at radius 1 is 1.23 bits per heavy atom. The lowest BCUT2D eigenvalue weighted by atomic mass is 10.1. The predicted octanol–water partition coefficient (Wildman–Crippen LogP) is 4.35. The Hall–Kier alpha value is -3.74. The number of fused-ring (bicyclic) bond motifs is 2. The highest BCUT2D eigenvalue weighted by atomic mass is 16.5. The van der Waals surface area contributed by atoms with Crippen molar-refractivity contribution in [2.45, 2.75) is 26.0 Å². The third-order valence-electron chi connectivity index (χ3n) is 5.13. The van der Waals surface area contributed by atoms with Gasteiger partial charge < -0.3 is 23.7 Å². The van der Waals surface area contributed by atoms with Gasteiger partial charge in [0.05, 0.1) is 13.7 Å². The number of aromatic nitrogens is 1. The molecule has 1 aliphatic heterocycles. The molecule has 0 bridgehead atoms. The minimum Gasteiger partial charge on any atom is -0.493 e. The van der Waals surface area contributed by atoms with Crippen LogP contribution in [0.5, 0.6) is 11.5 Å². The summed E-state index contributed by atoms with van der Waals surface area (Å²) in [4.78, 5) is 12.5. The Balaban J connectivity index is 1.28. The maximum absolute atomic E-state index is 12.5. The average Bonchev–Trinajstić information content (AvgIpc) is 3.47. The Morgan fingerprint density at radius 2 is 2.13 bits per heavy atom. The fourth-order valence-electron chi connectivity index (χ4n) is 3.65. The second kappa shape index (κ2) is 7.26. The van der Waals surface area contributed by atoms with Crippen LogP contribution in [0.1, 0.15) is 28.7 Å². The molecule has 0 radical (unpaired) electrons. The van der Waals surface area contributed by atoms with Crippen molar-refractivity contribution in [3.8, 4) is 22.8 Å². The van der Waals surface area contributed by atoms with Crippen molar-refractivity contribution in [3.05, 3.63) is 65.5 Å². The summed E-state index contributed by atoms with van der Waals surface area (Å²) >= 11 is 0. The highest BCUT2D eigenvalue weighted by Crippen LogP contribution is 2.33. The molecular formula is C23H20N2O5. The molecule has 2 aromatic heterocycles. The fourth-order valence-corrected chi connectivity index (χ4v) is 3.65. The van der Waals surface area contributed by atoms with Crippen LogP contribution in [0.3, 0.4) is 0 Å². The highest BCUT2D eigenvalue weighted by Gasteiger charge is 2.20. The molecule has 1 amide bonds. The molecule has 1 atom stereocenters. The van der Waals surface area contributed by atoms with Crippen LogP contribution in [0.4, 0.5) is 0 Å². The van der Waals surface area contributed by atoms with Gasteiger partial charge in [0, 0.05) is 23.4 Å². The molecule has 1 aliphatic rings. The van der Waals surface area contributed by atoms with Crippen LogP contribution >= 0.6 is 0 Å². The van der Waals surface area contributed by atoms with E-state index in [1.165, 1.54) is 5.56 Å². The summed E-state index contributed by atoms with van der Waals surface area (Å²) in [5.41, 5.74) is 3.24. The minimum atomic E-state index is -0.335. The van der Waals surface area contributed by atoms with E-state index < -0.39 is 0 Å². The largest absolute Gasteiger partial charge is 0.493 e. The predicted molar refractivity (Wildman–Crippen MR) is 110 cm³/mol. The summed E-state index contributed by atoms with van der Waals surface area (Å²) in [5, 5.41) is 7.66. The average molecular weight is 404 g/mol. The summed E-state index contributed by atoms with van der Waals surface area (Å²) in [6.07, 6.45) is 1.10. The first kappa shape index (κ1) is 18.3. The van der Waals surface area contributed by atoms with E-state index in [-0.39, 0.29) is 24.3 Å². The number of ether oxygens (including phenoxy) is 2. The summed E-state index contributed by atoms with van der Waals surface area (Å²) < 4.78 is 22.2. The van der Waals surface area contributed by atoms with Crippen molar-refractivity contribution in [1.82, 2.24) is 10.5 Å². The fraction of sp³-hybridized carbons (Fsp3) is 0.217. The third-order valence-corrected chi connectivity index (χ3v) is 5.13. The molecule has 2 aromatic carbocycles. The first-order valence-electron chi connectivity index (χ1n) is 9.71. The Labute approximate surface area is 172 Å². The van der Waals surface area contributed by atoms with Crippen LogP contribution in [0.15, 0.2) is 57.5 Å². The van der Waals surface area contributed by atoms with Gasteiger partial charge in [-0.1, -0.05) is 29.4 Å². The molecule has 0 saturated heterocycles. The zero-order valence-corrected chi connectivity index (χ0v) is 16.6. The van der Waals surface area contributed by atoms with E-state index in [1.54, 1.807) is 19.2 Å². The Bertz CT molecular complexity index is 1240. The number of methoxy groups -OCH3 is 1. The van der Waals surface area contributed by atoms with Gasteiger partial charge in [0.15, 0.2) is 22.9 Å². The van der Waals surface area contributed by atoms with Crippen molar-refractivity contribution in [2.24, 2.45) is 0 Å². The number of benzene rings is 2. The number of hydrogen-bond donors (Lipinski definition) is 1. The van der Waals surface area contributed by atoms with E-state index in [2.05, 4.69) is 10.5 Å². The topological polar surface area (TPSA) is 86.7 Å². The van der Waals surface area contributed by atoms with Crippen molar-refractivity contribution in [3.63, 3.8) is 0 Å². The number of carbonyl (C=O) groups excluding carboxylic acids is 1. The first-order chi connectivity index (χ1) is 14.6. The minimum absolute atomic E-state index is 0.189. The van der Waals surface area contributed by atoms with Crippen LogP contribution in [0.25, 0.3) is 22.3 Å². The van der Waals surface area contributed by atoms with Gasteiger partial charge in [-0.15, -0.1) is 0 Å². The standard InChI is InChI=1S/C23H20N2O5/c1-13-8-14-6-7-15(9-19(14)28-13)20-11-17(25-30-20)12-24-23(26)21-10-16-4-3-5-18(27-2)22(16)29-21/h3-7,9-11,13H,8,12H2,1-2H3,(H,24,26). The van der Waals surface area contributed by atoms with Crippen molar-refractivity contribution >= 4 is 16.9 Å². The number of amides is 1. The van der Waals surface area contributed by atoms with Gasteiger partial charge in [-0.2, -0.15) is 0 Å². The summed E-state index contributed by atoms with van der Waals surface area (Å²) in [6.45, 7) is 2.27. The van der Waals surface area contributed by atoms with E-state index in [9.17, 15) is 4.79 Å². The van der Waals surface area contributed by atoms with Gasteiger partial charge in [-0.05, 0) is 30.7 Å². The van der Waals surface area contributed by atoms with Gasteiger partial charge in [0.25, 0.3) is 5.91 Å². The third kappa shape index (κ3) is 3.28. The van der Waals surface area contributed by atoms with Crippen molar-refractivity contribution in [1.29, 1.82) is 0 Å².